The smallest absolute Gasteiger partial charge is 0.134 e. The fraction of sp³-hybridized carbons (Fsp3) is 0.538. The van der Waals surface area contributed by atoms with Crippen molar-refractivity contribution in [3.8, 4) is 11.5 Å². The van der Waals surface area contributed by atoms with E-state index in [1.807, 2.05) is 12.1 Å². The highest BCUT2D eigenvalue weighted by molar-refractivity contribution is 9.11. The fourth-order valence-corrected chi connectivity index (χ4v) is 2.32. The Morgan fingerprint density at radius 2 is 1.78 bits per heavy atom. The lowest BCUT2D eigenvalue weighted by Crippen LogP contribution is -2.25. The van der Waals surface area contributed by atoms with Crippen LogP contribution in [-0.4, -0.2) is 26.8 Å². The van der Waals surface area contributed by atoms with Crippen molar-refractivity contribution in [1.82, 2.24) is 5.32 Å². The molecule has 1 aromatic rings. The molecule has 0 aliphatic carbocycles. The molecule has 0 saturated heterocycles. The monoisotopic (exact) mass is 379 g/mol. The molecule has 3 nitrogen and oxygen atoms in total. The normalized spacial score (nSPS) is 10.8. The van der Waals surface area contributed by atoms with Gasteiger partial charge < -0.3 is 14.8 Å². The Morgan fingerprint density at radius 3 is 2.39 bits per heavy atom. The van der Waals surface area contributed by atoms with Crippen molar-refractivity contribution in [3.05, 3.63) is 21.1 Å². The van der Waals surface area contributed by atoms with Gasteiger partial charge in [-0.05, 0) is 56.5 Å². The average molecular weight is 381 g/mol. The molecular weight excluding hydrogens is 362 g/mol. The zero-order chi connectivity index (χ0) is 13.5. The van der Waals surface area contributed by atoms with Gasteiger partial charge in [-0.2, -0.15) is 0 Å². The van der Waals surface area contributed by atoms with Crippen LogP contribution >= 0.6 is 31.9 Å². The molecule has 0 atom stereocenters. The van der Waals surface area contributed by atoms with E-state index in [0.717, 1.165) is 33.5 Å². The third-order valence-corrected chi connectivity index (χ3v) is 3.53. The van der Waals surface area contributed by atoms with Gasteiger partial charge in [0.2, 0.25) is 0 Å². The second-order valence-corrected chi connectivity index (χ2v) is 6.07. The van der Waals surface area contributed by atoms with Gasteiger partial charge in [-0.25, -0.2) is 0 Å². The van der Waals surface area contributed by atoms with Crippen LogP contribution in [0.15, 0.2) is 21.1 Å². The number of hydrogen-bond donors (Lipinski definition) is 1. The summed E-state index contributed by atoms with van der Waals surface area (Å²) in [5.74, 6) is 2.26. The molecule has 0 heterocycles. The zero-order valence-electron chi connectivity index (χ0n) is 10.9. The number of hydrogen-bond acceptors (Lipinski definition) is 3. The van der Waals surface area contributed by atoms with E-state index in [2.05, 4.69) is 51.0 Å². The molecule has 0 aromatic heterocycles. The Hall–Kier alpha value is -0.260. The van der Waals surface area contributed by atoms with E-state index in [1.165, 1.54) is 0 Å². The van der Waals surface area contributed by atoms with E-state index < -0.39 is 0 Å². The summed E-state index contributed by atoms with van der Waals surface area (Å²) in [7, 11) is 1.64. The summed E-state index contributed by atoms with van der Waals surface area (Å²) in [6.45, 7) is 6.87. The zero-order valence-corrected chi connectivity index (χ0v) is 14.1. The Bertz CT molecular complexity index is 383. The van der Waals surface area contributed by atoms with Crippen LogP contribution in [0.3, 0.4) is 0 Å². The molecule has 102 valence electrons. The number of halogens is 2. The van der Waals surface area contributed by atoms with Crippen LogP contribution in [0.5, 0.6) is 11.5 Å². The van der Waals surface area contributed by atoms with Crippen molar-refractivity contribution >= 4 is 31.9 Å². The van der Waals surface area contributed by atoms with Gasteiger partial charge in [0.05, 0.1) is 16.1 Å². The summed E-state index contributed by atoms with van der Waals surface area (Å²) >= 11 is 6.91. The maximum absolute atomic E-state index is 5.70. The van der Waals surface area contributed by atoms with Crippen LogP contribution in [0.25, 0.3) is 0 Å². The first-order valence-corrected chi connectivity index (χ1v) is 7.49. The molecule has 0 unspecified atom stereocenters. The van der Waals surface area contributed by atoms with Gasteiger partial charge in [-0.3, -0.25) is 0 Å². The topological polar surface area (TPSA) is 30.5 Å². The molecule has 18 heavy (non-hydrogen) atoms. The van der Waals surface area contributed by atoms with Crippen LogP contribution in [0.1, 0.15) is 13.8 Å². The Kier molecular flexibility index (Phi) is 7.04. The van der Waals surface area contributed by atoms with Crippen molar-refractivity contribution in [2.24, 2.45) is 5.92 Å². The minimum absolute atomic E-state index is 0.643. The first-order valence-electron chi connectivity index (χ1n) is 5.91. The lowest BCUT2D eigenvalue weighted by atomic mass is 10.2. The van der Waals surface area contributed by atoms with Gasteiger partial charge in [-0.1, -0.05) is 13.8 Å². The molecular formula is C13H19Br2NO2. The highest BCUT2D eigenvalue weighted by Gasteiger charge is 2.07. The number of nitrogens with one attached hydrogen (secondary N) is 1. The first-order chi connectivity index (χ1) is 8.54. The van der Waals surface area contributed by atoms with Crippen LogP contribution in [-0.2, 0) is 0 Å². The number of rotatable bonds is 7. The molecule has 1 rings (SSSR count). The predicted molar refractivity (Wildman–Crippen MR) is 81.6 cm³/mol. The molecule has 0 fully saturated rings. The lowest BCUT2D eigenvalue weighted by Gasteiger charge is -2.12. The Balaban J connectivity index is 2.45. The van der Waals surface area contributed by atoms with Crippen LogP contribution in [0.2, 0.25) is 0 Å². The highest BCUT2D eigenvalue weighted by Crippen LogP contribution is 2.35. The lowest BCUT2D eigenvalue weighted by molar-refractivity contribution is 0.308. The van der Waals surface area contributed by atoms with Crippen molar-refractivity contribution in [2.75, 3.05) is 26.8 Å². The minimum atomic E-state index is 0.643. The average Bonchev–Trinajstić information content (AvgIpc) is 2.32. The van der Waals surface area contributed by atoms with Crippen LogP contribution in [0, 0.1) is 5.92 Å². The highest BCUT2D eigenvalue weighted by atomic mass is 79.9. The maximum atomic E-state index is 5.70. The Morgan fingerprint density at radius 1 is 1.17 bits per heavy atom. The van der Waals surface area contributed by atoms with E-state index in [0.29, 0.717) is 12.5 Å². The van der Waals surface area contributed by atoms with E-state index in [1.54, 1.807) is 7.11 Å². The van der Waals surface area contributed by atoms with Crippen LogP contribution < -0.4 is 14.8 Å². The number of ether oxygens (including phenoxy) is 2. The van der Waals surface area contributed by atoms with Crippen molar-refractivity contribution < 1.29 is 9.47 Å². The minimum Gasteiger partial charge on any atom is -0.496 e. The molecule has 0 aliphatic rings. The van der Waals surface area contributed by atoms with Crippen LogP contribution in [0.4, 0.5) is 0 Å². The molecule has 1 aromatic carbocycles. The largest absolute Gasteiger partial charge is 0.496 e. The quantitative estimate of drug-likeness (QED) is 0.729. The molecule has 0 spiro atoms. The standard InChI is InChI=1S/C13H19Br2NO2/c1-9(2)8-16-4-5-18-13-7-10(14)12(17-3)6-11(13)15/h6-7,9,16H,4-5,8H2,1-3H3. The summed E-state index contributed by atoms with van der Waals surface area (Å²) in [6.07, 6.45) is 0. The summed E-state index contributed by atoms with van der Waals surface area (Å²) in [5, 5.41) is 3.33. The third-order valence-electron chi connectivity index (χ3n) is 2.30. The second-order valence-electron chi connectivity index (χ2n) is 4.36. The van der Waals surface area contributed by atoms with E-state index in [9.17, 15) is 0 Å². The molecule has 0 bridgehead atoms. The summed E-state index contributed by atoms with van der Waals surface area (Å²) in [5.41, 5.74) is 0. The number of benzene rings is 1. The SMILES string of the molecule is COc1cc(Br)c(OCCNCC(C)C)cc1Br. The summed E-state index contributed by atoms with van der Waals surface area (Å²) in [6, 6.07) is 3.80. The molecule has 5 heteroatoms. The van der Waals surface area contributed by atoms with E-state index >= 15 is 0 Å². The van der Waals surface area contributed by atoms with Crippen molar-refractivity contribution in [2.45, 2.75) is 13.8 Å². The van der Waals surface area contributed by atoms with Crippen molar-refractivity contribution in [1.29, 1.82) is 0 Å². The molecule has 0 radical (unpaired) electrons. The second kappa shape index (κ2) is 8.02. The van der Waals surface area contributed by atoms with Gasteiger partial charge in [-0.15, -0.1) is 0 Å². The molecule has 0 amide bonds. The Labute approximate surface area is 125 Å². The third kappa shape index (κ3) is 5.16. The predicted octanol–water partition coefficient (Wildman–Crippen LogP) is 3.84. The molecule has 0 saturated carbocycles. The summed E-state index contributed by atoms with van der Waals surface area (Å²) < 4.78 is 12.7. The molecule has 1 N–H and O–H groups in total. The number of methoxy groups -OCH3 is 1. The van der Waals surface area contributed by atoms with Gasteiger partial charge in [0.1, 0.15) is 18.1 Å². The fourth-order valence-electron chi connectivity index (χ4n) is 1.40. The summed E-state index contributed by atoms with van der Waals surface area (Å²) in [4.78, 5) is 0. The van der Waals surface area contributed by atoms with Gasteiger partial charge >= 0.3 is 0 Å². The maximum Gasteiger partial charge on any atom is 0.134 e. The van der Waals surface area contributed by atoms with E-state index in [4.69, 9.17) is 9.47 Å². The van der Waals surface area contributed by atoms with E-state index in [-0.39, 0.29) is 0 Å². The van der Waals surface area contributed by atoms with Gasteiger partial charge in [0.25, 0.3) is 0 Å². The first kappa shape index (κ1) is 15.8. The van der Waals surface area contributed by atoms with Gasteiger partial charge in [0.15, 0.2) is 0 Å². The van der Waals surface area contributed by atoms with Crippen molar-refractivity contribution in [3.63, 3.8) is 0 Å². The van der Waals surface area contributed by atoms with Gasteiger partial charge in [0, 0.05) is 6.54 Å². The molecule has 0 aliphatic heterocycles.